The number of nitrogens with one attached hydrogen (secondary N) is 1. The number of hydrogen-bond donors (Lipinski definition) is 1. The van der Waals surface area contributed by atoms with Crippen LogP contribution in [0, 0.1) is 6.92 Å². The highest BCUT2D eigenvalue weighted by Crippen LogP contribution is 2.23. The van der Waals surface area contributed by atoms with E-state index in [0.717, 1.165) is 21.7 Å². The molecule has 1 N–H and O–H groups in total. The lowest BCUT2D eigenvalue weighted by Crippen LogP contribution is -2.08. The lowest BCUT2D eigenvalue weighted by atomic mass is 10.2. The van der Waals surface area contributed by atoms with E-state index < -0.39 is 23.8 Å². The highest BCUT2D eigenvalue weighted by molar-refractivity contribution is 7.84. The molecule has 0 fully saturated rings. The molecule has 0 aliphatic carbocycles. The molecule has 0 amide bonds. The summed E-state index contributed by atoms with van der Waals surface area (Å²) in [4.78, 5) is 0.784. The first-order valence-electron chi connectivity index (χ1n) is 7.13. The molecule has 3 nitrogen and oxygen atoms in total. The predicted octanol–water partition coefficient (Wildman–Crippen LogP) is 3.99. The normalized spacial score (nSPS) is 12.2. The summed E-state index contributed by atoms with van der Waals surface area (Å²) in [5.74, 6) is 0.451. The van der Waals surface area contributed by atoms with Crippen LogP contribution in [0.5, 0.6) is 5.75 Å². The third-order valence-electron chi connectivity index (χ3n) is 3.30. The highest BCUT2D eigenvalue weighted by Gasteiger charge is 2.07. The van der Waals surface area contributed by atoms with E-state index in [1.165, 1.54) is 0 Å². The molecular weight excluding hydrogens is 320 g/mol. The van der Waals surface area contributed by atoms with E-state index >= 15 is 0 Å². The summed E-state index contributed by atoms with van der Waals surface area (Å²) in [5.41, 5.74) is 2.64. The van der Waals surface area contributed by atoms with Crippen LogP contribution in [0.25, 0.3) is 0 Å². The van der Waals surface area contributed by atoms with Crippen molar-refractivity contribution in [1.29, 1.82) is 0 Å². The zero-order valence-electron chi connectivity index (χ0n) is 13.0. The van der Waals surface area contributed by atoms with Crippen molar-refractivity contribution >= 4 is 16.5 Å². The Balaban J connectivity index is 1.99. The molecule has 0 heterocycles. The Morgan fingerprint density at radius 2 is 1.87 bits per heavy atom. The van der Waals surface area contributed by atoms with E-state index in [0.29, 0.717) is 12.3 Å². The fourth-order valence-corrected chi connectivity index (χ4v) is 2.54. The Morgan fingerprint density at radius 1 is 1.17 bits per heavy atom. The first-order chi connectivity index (χ1) is 11.0. The number of hydrogen-bond acceptors (Lipinski definition) is 3. The van der Waals surface area contributed by atoms with E-state index in [-0.39, 0.29) is 0 Å². The molecule has 2 aromatic carbocycles. The van der Waals surface area contributed by atoms with Gasteiger partial charge in [-0.1, -0.05) is 18.2 Å². The van der Waals surface area contributed by atoms with Crippen molar-refractivity contribution in [3.63, 3.8) is 0 Å². The van der Waals surface area contributed by atoms with Gasteiger partial charge in [-0.2, -0.15) is 0 Å². The SMILES string of the molecule is Cc1ccc(NCc2ccc([S@@](C)=O)cc2)cc1OCC(F)F. The van der Waals surface area contributed by atoms with E-state index in [2.05, 4.69) is 5.32 Å². The molecule has 1 atom stereocenters. The third kappa shape index (κ3) is 5.32. The minimum absolute atomic E-state index is 0.451. The topological polar surface area (TPSA) is 38.3 Å². The number of benzene rings is 2. The summed E-state index contributed by atoms with van der Waals surface area (Å²) in [5, 5.41) is 3.22. The first-order valence-corrected chi connectivity index (χ1v) is 8.69. The van der Waals surface area contributed by atoms with Crippen LogP contribution in [0.4, 0.5) is 14.5 Å². The van der Waals surface area contributed by atoms with Crippen molar-refractivity contribution in [2.75, 3.05) is 18.2 Å². The highest BCUT2D eigenvalue weighted by atomic mass is 32.2. The van der Waals surface area contributed by atoms with E-state index in [1.807, 2.05) is 43.3 Å². The second-order valence-electron chi connectivity index (χ2n) is 5.13. The second-order valence-corrected chi connectivity index (χ2v) is 6.51. The van der Waals surface area contributed by atoms with Gasteiger partial charge in [-0.15, -0.1) is 0 Å². The lowest BCUT2D eigenvalue weighted by Gasteiger charge is -2.12. The Morgan fingerprint density at radius 3 is 2.48 bits per heavy atom. The summed E-state index contributed by atoms with van der Waals surface area (Å²) in [6.07, 6.45) is -0.853. The van der Waals surface area contributed by atoms with Crippen LogP contribution in [-0.2, 0) is 17.3 Å². The molecular formula is C17H19F2NO2S. The predicted molar refractivity (Wildman–Crippen MR) is 88.8 cm³/mol. The Kier molecular flexibility index (Phi) is 6.10. The Bertz CT molecular complexity index is 675. The summed E-state index contributed by atoms with van der Waals surface area (Å²) < 4.78 is 41.0. The monoisotopic (exact) mass is 339 g/mol. The van der Waals surface area contributed by atoms with Crippen molar-refractivity contribution in [2.24, 2.45) is 0 Å². The van der Waals surface area contributed by atoms with Crippen molar-refractivity contribution in [3.8, 4) is 5.75 Å². The minimum atomic E-state index is -2.49. The Hall–Kier alpha value is -1.95. The van der Waals surface area contributed by atoms with Crippen LogP contribution < -0.4 is 10.1 Å². The molecule has 0 aliphatic heterocycles. The summed E-state index contributed by atoms with van der Waals surface area (Å²) in [6.45, 7) is 1.78. The molecule has 0 radical (unpaired) electrons. The molecule has 2 rings (SSSR count). The molecule has 0 unspecified atom stereocenters. The number of aryl methyl sites for hydroxylation is 1. The quantitative estimate of drug-likeness (QED) is 0.829. The van der Waals surface area contributed by atoms with Gasteiger partial charge in [0.25, 0.3) is 6.43 Å². The standard InChI is InChI=1S/C17H19F2NO2S/c1-12-3-6-14(9-16(12)22-11-17(18)19)20-10-13-4-7-15(8-5-13)23(2)21/h3-9,17,20H,10-11H2,1-2H3/t23-/m1/s1. The maximum Gasteiger partial charge on any atom is 0.272 e. The van der Waals surface area contributed by atoms with E-state index in [1.54, 1.807) is 12.3 Å². The lowest BCUT2D eigenvalue weighted by molar-refractivity contribution is 0.0816. The summed E-state index contributed by atoms with van der Waals surface area (Å²) in [7, 11) is -0.987. The molecule has 124 valence electrons. The maximum atomic E-state index is 12.2. The number of anilines is 1. The largest absolute Gasteiger partial charge is 0.487 e. The van der Waals surface area contributed by atoms with Gasteiger partial charge in [0, 0.05) is 40.2 Å². The van der Waals surface area contributed by atoms with E-state index in [9.17, 15) is 13.0 Å². The molecule has 0 bridgehead atoms. The van der Waals surface area contributed by atoms with E-state index in [4.69, 9.17) is 4.74 Å². The van der Waals surface area contributed by atoms with Gasteiger partial charge in [0.15, 0.2) is 0 Å². The molecule has 2 aromatic rings. The second kappa shape index (κ2) is 8.06. The fourth-order valence-electron chi connectivity index (χ4n) is 2.02. The van der Waals surface area contributed by atoms with Crippen LogP contribution in [0.15, 0.2) is 47.4 Å². The van der Waals surface area contributed by atoms with Crippen LogP contribution in [0.1, 0.15) is 11.1 Å². The summed E-state index contributed by atoms with van der Waals surface area (Å²) >= 11 is 0. The molecule has 0 aromatic heterocycles. The molecule has 0 spiro atoms. The van der Waals surface area contributed by atoms with Crippen molar-refractivity contribution in [2.45, 2.75) is 24.8 Å². The molecule has 0 saturated heterocycles. The average Bonchev–Trinajstić information content (AvgIpc) is 2.53. The fraction of sp³-hybridized carbons (Fsp3) is 0.294. The minimum Gasteiger partial charge on any atom is -0.487 e. The smallest absolute Gasteiger partial charge is 0.272 e. The molecule has 0 aliphatic rings. The molecule has 23 heavy (non-hydrogen) atoms. The average molecular weight is 339 g/mol. The number of halogens is 2. The van der Waals surface area contributed by atoms with Gasteiger partial charge >= 0.3 is 0 Å². The van der Waals surface area contributed by atoms with Crippen molar-refractivity contribution < 1.29 is 17.7 Å². The van der Waals surface area contributed by atoms with Gasteiger partial charge in [0.2, 0.25) is 0 Å². The third-order valence-corrected chi connectivity index (χ3v) is 4.24. The van der Waals surface area contributed by atoms with Gasteiger partial charge in [0.05, 0.1) is 0 Å². The summed E-state index contributed by atoms with van der Waals surface area (Å²) in [6, 6.07) is 12.9. The molecule has 6 heteroatoms. The van der Waals surface area contributed by atoms with Gasteiger partial charge in [0.1, 0.15) is 12.4 Å². The van der Waals surface area contributed by atoms with Crippen LogP contribution in [-0.4, -0.2) is 23.5 Å². The number of rotatable bonds is 7. The molecule has 0 saturated carbocycles. The van der Waals surface area contributed by atoms with Gasteiger partial charge in [-0.3, -0.25) is 4.21 Å². The maximum absolute atomic E-state index is 12.2. The van der Waals surface area contributed by atoms with Gasteiger partial charge < -0.3 is 10.1 Å². The Labute approximate surface area is 137 Å². The number of alkyl halides is 2. The van der Waals surface area contributed by atoms with Crippen molar-refractivity contribution in [3.05, 3.63) is 53.6 Å². The number of ether oxygens (including phenoxy) is 1. The zero-order chi connectivity index (χ0) is 16.8. The van der Waals surface area contributed by atoms with Gasteiger partial charge in [-0.25, -0.2) is 8.78 Å². The van der Waals surface area contributed by atoms with Crippen LogP contribution >= 0.6 is 0 Å². The first kappa shape index (κ1) is 17.4. The zero-order valence-corrected chi connectivity index (χ0v) is 13.8. The van der Waals surface area contributed by atoms with Crippen molar-refractivity contribution in [1.82, 2.24) is 0 Å². The van der Waals surface area contributed by atoms with Crippen LogP contribution in [0.3, 0.4) is 0 Å². The van der Waals surface area contributed by atoms with Crippen LogP contribution in [0.2, 0.25) is 0 Å². The van der Waals surface area contributed by atoms with Gasteiger partial charge in [-0.05, 0) is 36.2 Å².